The molecule has 34 heavy (non-hydrogen) atoms. The Hall–Kier alpha value is -3.56. The third-order valence-electron chi connectivity index (χ3n) is 4.92. The second-order valence-corrected chi connectivity index (χ2v) is 8.08. The van der Waals surface area contributed by atoms with Crippen LogP contribution in [0.25, 0.3) is 0 Å². The predicted molar refractivity (Wildman–Crippen MR) is 128 cm³/mol. The minimum atomic E-state index is -0.533. The van der Waals surface area contributed by atoms with Crippen LogP contribution in [0.15, 0.2) is 67.0 Å². The monoisotopic (exact) mass is 485 g/mol. The molecule has 1 atom stereocenters. The molecule has 10 heteroatoms. The lowest BCUT2D eigenvalue weighted by Crippen LogP contribution is -2.31. The van der Waals surface area contributed by atoms with Crippen LogP contribution in [0, 0.1) is 0 Å². The molecule has 3 rings (SSSR count). The molecular formula is C24H28ClN5O4. The van der Waals surface area contributed by atoms with E-state index in [2.05, 4.69) is 10.00 Å². The van der Waals surface area contributed by atoms with Gasteiger partial charge in [0, 0.05) is 37.9 Å². The van der Waals surface area contributed by atoms with Crippen molar-refractivity contribution in [1.29, 1.82) is 0 Å². The SMILES string of the molecule is NC(=O)COc1cccc(CN(Cc2cccc(OCC(N)=O)c2)C[C@@H](CCl)n2cccn2)c1. The zero-order chi connectivity index (χ0) is 24.3. The van der Waals surface area contributed by atoms with E-state index in [1.807, 2.05) is 53.3 Å². The number of halogens is 1. The van der Waals surface area contributed by atoms with E-state index < -0.39 is 11.8 Å². The minimum Gasteiger partial charge on any atom is -0.484 e. The number of hydrogen-bond acceptors (Lipinski definition) is 6. The highest BCUT2D eigenvalue weighted by Gasteiger charge is 2.17. The average molecular weight is 486 g/mol. The minimum absolute atomic E-state index is 0.0414. The molecule has 0 fully saturated rings. The van der Waals surface area contributed by atoms with E-state index >= 15 is 0 Å². The molecule has 0 spiro atoms. The third-order valence-corrected chi connectivity index (χ3v) is 5.27. The summed E-state index contributed by atoms with van der Waals surface area (Å²) in [6.07, 6.45) is 3.62. The molecule has 0 bridgehead atoms. The van der Waals surface area contributed by atoms with E-state index in [1.54, 1.807) is 18.3 Å². The van der Waals surface area contributed by atoms with Gasteiger partial charge in [-0.2, -0.15) is 5.10 Å². The molecule has 0 radical (unpaired) electrons. The topological polar surface area (TPSA) is 126 Å². The highest BCUT2D eigenvalue weighted by Crippen LogP contribution is 2.21. The maximum atomic E-state index is 11.0. The molecule has 0 aliphatic carbocycles. The third kappa shape index (κ3) is 8.09. The highest BCUT2D eigenvalue weighted by molar-refractivity contribution is 6.18. The van der Waals surface area contributed by atoms with Crippen LogP contribution in [0.2, 0.25) is 0 Å². The molecule has 9 nitrogen and oxygen atoms in total. The van der Waals surface area contributed by atoms with E-state index in [0.29, 0.717) is 37.0 Å². The molecule has 0 saturated carbocycles. The van der Waals surface area contributed by atoms with Crippen LogP contribution in [0.4, 0.5) is 0 Å². The average Bonchev–Trinajstić information content (AvgIpc) is 3.35. The Morgan fingerprint density at radius 3 is 1.94 bits per heavy atom. The molecule has 0 aliphatic rings. The number of aromatic nitrogens is 2. The number of nitrogens with two attached hydrogens (primary N) is 2. The van der Waals surface area contributed by atoms with E-state index in [4.69, 9.17) is 32.5 Å². The van der Waals surface area contributed by atoms with E-state index in [-0.39, 0.29) is 19.3 Å². The van der Waals surface area contributed by atoms with Gasteiger partial charge in [-0.1, -0.05) is 24.3 Å². The molecule has 2 amide bonds. The van der Waals surface area contributed by atoms with Crippen molar-refractivity contribution in [3.63, 3.8) is 0 Å². The Kier molecular flexibility index (Phi) is 9.30. The first-order chi connectivity index (χ1) is 16.4. The summed E-state index contributed by atoms with van der Waals surface area (Å²) in [4.78, 5) is 24.3. The number of hydrogen-bond donors (Lipinski definition) is 2. The maximum absolute atomic E-state index is 11.0. The van der Waals surface area contributed by atoms with Gasteiger partial charge in [0.25, 0.3) is 11.8 Å². The smallest absolute Gasteiger partial charge is 0.255 e. The normalized spacial score (nSPS) is 11.8. The number of carbonyl (C=O) groups excluding carboxylic acids is 2. The fraction of sp³-hybridized carbons (Fsp3) is 0.292. The van der Waals surface area contributed by atoms with Gasteiger partial charge in [-0.05, 0) is 41.5 Å². The summed E-state index contributed by atoms with van der Waals surface area (Å²) in [7, 11) is 0. The molecule has 4 N–H and O–H groups in total. The largest absolute Gasteiger partial charge is 0.484 e. The number of alkyl halides is 1. The summed E-state index contributed by atoms with van der Waals surface area (Å²) >= 11 is 6.29. The van der Waals surface area contributed by atoms with Crippen LogP contribution < -0.4 is 20.9 Å². The quantitative estimate of drug-likeness (QED) is 0.337. The molecule has 180 valence electrons. The van der Waals surface area contributed by atoms with Crippen LogP contribution in [-0.2, 0) is 22.7 Å². The zero-order valence-corrected chi connectivity index (χ0v) is 19.4. The molecular weight excluding hydrogens is 458 g/mol. The Balaban J connectivity index is 1.78. The van der Waals surface area contributed by atoms with Gasteiger partial charge in [0.1, 0.15) is 11.5 Å². The fourth-order valence-corrected chi connectivity index (χ4v) is 3.71. The molecule has 3 aromatic rings. The van der Waals surface area contributed by atoms with Crippen molar-refractivity contribution in [1.82, 2.24) is 14.7 Å². The van der Waals surface area contributed by atoms with Crippen LogP contribution >= 0.6 is 11.6 Å². The first kappa shape index (κ1) is 25.1. The van der Waals surface area contributed by atoms with Crippen LogP contribution in [0.5, 0.6) is 11.5 Å². The van der Waals surface area contributed by atoms with Gasteiger partial charge in [-0.15, -0.1) is 11.6 Å². The van der Waals surface area contributed by atoms with E-state index in [1.165, 1.54) is 0 Å². The van der Waals surface area contributed by atoms with Gasteiger partial charge >= 0.3 is 0 Å². The second kappa shape index (κ2) is 12.6. The maximum Gasteiger partial charge on any atom is 0.255 e. The fourth-order valence-electron chi connectivity index (χ4n) is 3.48. The van der Waals surface area contributed by atoms with E-state index in [9.17, 15) is 9.59 Å². The first-order valence-electron chi connectivity index (χ1n) is 10.7. The lowest BCUT2D eigenvalue weighted by molar-refractivity contribution is -0.120. The Morgan fingerprint density at radius 1 is 0.941 bits per heavy atom. The highest BCUT2D eigenvalue weighted by atomic mass is 35.5. The van der Waals surface area contributed by atoms with Gasteiger partial charge < -0.3 is 20.9 Å². The van der Waals surface area contributed by atoms with Crippen molar-refractivity contribution < 1.29 is 19.1 Å². The van der Waals surface area contributed by atoms with Gasteiger partial charge in [0.2, 0.25) is 0 Å². The summed E-state index contributed by atoms with van der Waals surface area (Å²) in [6, 6.07) is 16.9. The molecule has 0 unspecified atom stereocenters. The first-order valence-corrected chi connectivity index (χ1v) is 11.2. The van der Waals surface area contributed by atoms with Gasteiger partial charge in [-0.3, -0.25) is 19.2 Å². The van der Waals surface area contributed by atoms with Crippen molar-refractivity contribution >= 4 is 23.4 Å². The Labute approximate surface area is 203 Å². The summed E-state index contributed by atoms with van der Waals surface area (Å²) in [5.41, 5.74) is 12.4. The summed E-state index contributed by atoms with van der Waals surface area (Å²) < 4.78 is 12.7. The molecule has 1 aromatic heterocycles. The number of carbonyl (C=O) groups is 2. The van der Waals surface area contributed by atoms with Crippen LogP contribution in [0.1, 0.15) is 17.2 Å². The summed E-state index contributed by atoms with van der Waals surface area (Å²) in [6.45, 7) is 1.45. The Morgan fingerprint density at radius 2 is 1.50 bits per heavy atom. The number of primary amides is 2. The van der Waals surface area contributed by atoms with Crippen molar-refractivity contribution in [2.24, 2.45) is 11.5 Å². The zero-order valence-electron chi connectivity index (χ0n) is 18.7. The van der Waals surface area contributed by atoms with Crippen molar-refractivity contribution in [2.75, 3.05) is 25.6 Å². The number of rotatable bonds is 14. The van der Waals surface area contributed by atoms with E-state index in [0.717, 1.165) is 11.1 Å². The number of ether oxygens (including phenoxy) is 2. The van der Waals surface area contributed by atoms with Crippen molar-refractivity contribution in [3.05, 3.63) is 78.1 Å². The lowest BCUT2D eigenvalue weighted by atomic mass is 10.1. The molecule has 2 aromatic carbocycles. The number of nitrogens with zero attached hydrogens (tertiary/aromatic N) is 3. The number of benzene rings is 2. The van der Waals surface area contributed by atoms with Crippen molar-refractivity contribution in [3.8, 4) is 11.5 Å². The standard InChI is InChI=1S/C24H28ClN5O4/c25-12-20(30-9-3-8-28-30)15-29(13-18-4-1-6-21(10-18)33-16-23(26)31)14-19-5-2-7-22(11-19)34-17-24(27)32/h1-11,20H,12-17H2,(H2,26,31)(H2,27,32)/t20-/m1/s1. The molecule has 1 heterocycles. The summed E-state index contributed by atoms with van der Waals surface area (Å²) in [5.74, 6) is 0.462. The second-order valence-electron chi connectivity index (χ2n) is 7.77. The molecule has 0 saturated heterocycles. The van der Waals surface area contributed by atoms with Crippen LogP contribution in [0.3, 0.4) is 0 Å². The van der Waals surface area contributed by atoms with Gasteiger partial charge in [0.15, 0.2) is 13.2 Å². The summed E-state index contributed by atoms with van der Waals surface area (Å²) in [5, 5.41) is 4.34. The van der Waals surface area contributed by atoms with Crippen LogP contribution in [-0.4, -0.2) is 52.1 Å². The van der Waals surface area contributed by atoms with Gasteiger partial charge in [-0.25, -0.2) is 0 Å². The molecule has 0 aliphatic heterocycles. The Bertz CT molecular complexity index is 1010. The predicted octanol–water partition coefficient (Wildman–Crippen LogP) is 2.09. The van der Waals surface area contributed by atoms with Crippen molar-refractivity contribution in [2.45, 2.75) is 19.1 Å². The number of amides is 2. The lowest BCUT2D eigenvalue weighted by Gasteiger charge is -2.27. The van der Waals surface area contributed by atoms with Gasteiger partial charge in [0.05, 0.1) is 6.04 Å².